The molecule has 0 bridgehead atoms. The molecule has 1 saturated carbocycles. The van der Waals surface area contributed by atoms with Crippen LogP contribution in [-0.4, -0.2) is 32.7 Å². The molecular formula is C18H28N2O3S. The summed E-state index contributed by atoms with van der Waals surface area (Å²) >= 11 is 0. The van der Waals surface area contributed by atoms with Crippen molar-refractivity contribution in [2.75, 3.05) is 12.3 Å². The van der Waals surface area contributed by atoms with Gasteiger partial charge in [0.25, 0.3) is 5.91 Å². The lowest BCUT2D eigenvalue weighted by atomic mass is 9.71. The molecule has 1 aliphatic rings. The summed E-state index contributed by atoms with van der Waals surface area (Å²) < 4.78 is 27.4. The minimum Gasteiger partial charge on any atom is -0.351 e. The van der Waals surface area contributed by atoms with Crippen LogP contribution in [0.25, 0.3) is 0 Å². The summed E-state index contributed by atoms with van der Waals surface area (Å²) in [6, 6.07) is 8.77. The van der Waals surface area contributed by atoms with Gasteiger partial charge in [-0.15, -0.1) is 0 Å². The Morgan fingerprint density at radius 1 is 1.21 bits per heavy atom. The molecule has 2 N–H and O–H groups in total. The Balaban J connectivity index is 1.82. The maximum Gasteiger partial charge on any atom is 0.251 e. The molecule has 6 heteroatoms. The van der Waals surface area contributed by atoms with Crippen molar-refractivity contribution in [1.29, 1.82) is 0 Å². The van der Waals surface area contributed by atoms with Gasteiger partial charge in [-0.25, -0.2) is 13.1 Å². The summed E-state index contributed by atoms with van der Waals surface area (Å²) in [5.41, 5.74) is 0.692. The van der Waals surface area contributed by atoms with Gasteiger partial charge in [0, 0.05) is 18.2 Å². The highest BCUT2D eigenvalue weighted by atomic mass is 32.2. The van der Waals surface area contributed by atoms with Crippen molar-refractivity contribution in [3.63, 3.8) is 0 Å². The maximum atomic E-state index is 12.3. The molecule has 1 aromatic carbocycles. The number of hydrogen-bond donors (Lipinski definition) is 2. The average Bonchev–Trinajstić information content (AvgIpc) is 2.45. The molecule has 134 valence electrons. The monoisotopic (exact) mass is 352 g/mol. The van der Waals surface area contributed by atoms with E-state index in [2.05, 4.69) is 30.8 Å². The molecule has 0 heterocycles. The second-order valence-corrected chi connectivity index (χ2v) is 9.54. The summed E-state index contributed by atoms with van der Waals surface area (Å²) in [6.45, 7) is 6.64. The zero-order valence-electron chi connectivity index (χ0n) is 14.7. The van der Waals surface area contributed by atoms with Gasteiger partial charge in [-0.1, -0.05) is 39.0 Å². The number of amides is 1. The highest BCUT2D eigenvalue weighted by Gasteiger charge is 2.33. The first kappa shape index (κ1) is 18.9. The van der Waals surface area contributed by atoms with Crippen molar-refractivity contribution in [1.82, 2.24) is 10.0 Å². The number of nitrogens with one attached hydrogen (secondary N) is 2. The number of rotatable bonds is 6. The Morgan fingerprint density at radius 2 is 1.88 bits per heavy atom. The minimum atomic E-state index is -3.40. The lowest BCUT2D eigenvalue weighted by Crippen LogP contribution is -2.45. The summed E-state index contributed by atoms with van der Waals surface area (Å²) in [4.78, 5) is 11.9. The fourth-order valence-electron chi connectivity index (χ4n) is 3.74. The lowest BCUT2D eigenvalue weighted by Gasteiger charge is -2.39. The highest BCUT2D eigenvalue weighted by Crippen LogP contribution is 2.38. The maximum absolute atomic E-state index is 12.3. The van der Waals surface area contributed by atoms with E-state index in [4.69, 9.17) is 0 Å². The van der Waals surface area contributed by atoms with Crippen LogP contribution in [0.5, 0.6) is 0 Å². The zero-order valence-corrected chi connectivity index (χ0v) is 15.5. The molecule has 0 unspecified atom stereocenters. The second kappa shape index (κ2) is 7.66. The van der Waals surface area contributed by atoms with E-state index in [0.29, 0.717) is 11.5 Å². The fourth-order valence-corrected chi connectivity index (χ4v) is 4.92. The smallest absolute Gasteiger partial charge is 0.251 e. The second-order valence-electron chi connectivity index (χ2n) is 7.67. The van der Waals surface area contributed by atoms with Crippen LogP contribution in [0.3, 0.4) is 0 Å². The molecule has 5 nitrogen and oxygen atoms in total. The van der Waals surface area contributed by atoms with E-state index in [1.165, 1.54) is 0 Å². The Morgan fingerprint density at radius 3 is 2.50 bits per heavy atom. The number of benzene rings is 1. The summed E-state index contributed by atoms with van der Waals surface area (Å²) in [6.07, 6.45) is 2.85. The highest BCUT2D eigenvalue weighted by molar-refractivity contribution is 7.89. The van der Waals surface area contributed by atoms with Crippen molar-refractivity contribution in [3.8, 4) is 0 Å². The molecule has 0 spiro atoms. The van der Waals surface area contributed by atoms with Crippen molar-refractivity contribution in [3.05, 3.63) is 35.9 Å². The van der Waals surface area contributed by atoms with Gasteiger partial charge in [0.05, 0.1) is 5.75 Å². The van der Waals surface area contributed by atoms with Crippen LogP contribution >= 0.6 is 0 Å². The van der Waals surface area contributed by atoms with E-state index in [1.54, 1.807) is 24.3 Å². The third kappa shape index (κ3) is 5.91. The molecule has 1 aliphatic carbocycles. The third-order valence-corrected chi connectivity index (χ3v) is 5.86. The lowest BCUT2D eigenvalue weighted by molar-refractivity contribution is 0.0956. The average molecular weight is 353 g/mol. The number of sulfonamides is 1. The zero-order chi connectivity index (χ0) is 17.8. The largest absolute Gasteiger partial charge is 0.351 e. The molecule has 1 fully saturated rings. The quantitative estimate of drug-likeness (QED) is 0.826. The van der Waals surface area contributed by atoms with Crippen LogP contribution in [0.2, 0.25) is 0 Å². The van der Waals surface area contributed by atoms with Crippen molar-refractivity contribution >= 4 is 15.9 Å². The van der Waals surface area contributed by atoms with Crippen LogP contribution in [0.1, 0.15) is 50.4 Å². The van der Waals surface area contributed by atoms with Crippen molar-refractivity contribution < 1.29 is 13.2 Å². The van der Waals surface area contributed by atoms with Crippen molar-refractivity contribution in [2.45, 2.75) is 46.1 Å². The first-order valence-corrected chi connectivity index (χ1v) is 10.2. The van der Waals surface area contributed by atoms with Crippen LogP contribution < -0.4 is 10.0 Å². The van der Waals surface area contributed by atoms with E-state index in [-0.39, 0.29) is 29.7 Å². The van der Waals surface area contributed by atoms with Gasteiger partial charge >= 0.3 is 0 Å². The molecule has 1 amide bonds. The Kier molecular flexibility index (Phi) is 6.04. The predicted molar refractivity (Wildman–Crippen MR) is 96.3 cm³/mol. The van der Waals surface area contributed by atoms with Crippen LogP contribution in [0.15, 0.2) is 30.3 Å². The molecule has 0 aliphatic heterocycles. The predicted octanol–water partition coefficient (Wildman–Crippen LogP) is 2.55. The van der Waals surface area contributed by atoms with E-state index >= 15 is 0 Å². The Labute approximate surface area is 145 Å². The molecule has 24 heavy (non-hydrogen) atoms. The van der Waals surface area contributed by atoms with E-state index in [1.807, 2.05) is 6.07 Å². The van der Waals surface area contributed by atoms with Crippen LogP contribution in [0.4, 0.5) is 0 Å². The van der Waals surface area contributed by atoms with Gasteiger partial charge in [0.2, 0.25) is 10.0 Å². The molecule has 1 aromatic rings. The standard InChI is InChI=1S/C18H28N2O3S/c1-14-11-16(13-18(2,3)12-14)20-24(22,23)10-9-19-17(21)15-7-5-4-6-8-15/h4-8,14,16,20H,9-13H2,1-3H3,(H,19,21)/t14-,16+/m1/s1. The fraction of sp³-hybridized carbons (Fsp3) is 0.611. The van der Waals surface area contributed by atoms with E-state index < -0.39 is 10.0 Å². The van der Waals surface area contributed by atoms with Gasteiger partial charge in [-0.05, 0) is 42.7 Å². The molecule has 0 radical (unpaired) electrons. The van der Waals surface area contributed by atoms with Gasteiger partial charge in [-0.3, -0.25) is 4.79 Å². The van der Waals surface area contributed by atoms with Gasteiger partial charge in [0.1, 0.15) is 0 Å². The first-order valence-electron chi connectivity index (χ1n) is 8.50. The van der Waals surface area contributed by atoms with Crippen molar-refractivity contribution in [2.24, 2.45) is 11.3 Å². The third-order valence-electron chi connectivity index (χ3n) is 4.43. The number of hydrogen-bond acceptors (Lipinski definition) is 3. The first-order chi connectivity index (χ1) is 11.2. The molecule has 2 atom stereocenters. The van der Waals surface area contributed by atoms with Gasteiger partial charge in [0.15, 0.2) is 0 Å². The van der Waals surface area contributed by atoms with E-state index in [0.717, 1.165) is 19.3 Å². The molecular weight excluding hydrogens is 324 g/mol. The van der Waals surface area contributed by atoms with Crippen LogP contribution in [-0.2, 0) is 10.0 Å². The number of carbonyl (C=O) groups excluding carboxylic acids is 1. The molecule has 0 saturated heterocycles. The van der Waals surface area contributed by atoms with Crippen LogP contribution in [0, 0.1) is 11.3 Å². The summed E-state index contributed by atoms with van der Waals surface area (Å²) in [5, 5.41) is 2.66. The molecule has 0 aromatic heterocycles. The Bertz CT molecular complexity index is 656. The Hall–Kier alpha value is -1.40. The summed E-state index contributed by atoms with van der Waals surface area (Å²) in [7, 11) is -3.40. The minimum absolute atomic E-state index is 0.0152. The molecule has 2 rings (SSSR count). The SMILES string of the molecule is C[C@@H]1C[C@H](NS(=O)(=O)CCNC(=O)c2ccccc2)CC(C)(C)C1. The topological polar surface area (TPSA) is 75.3 Å². The number of carbonyl (C=O) groups is 1. The van der Waals surface area contributed by atoms with Gasteiger partial charge < -0.3 is 5.32 Å². The van der Waals surface area contributed by atoms with E-state index in [9.17, 15) is 13.2 Å². The normalized spacial score (nSPS) is 23.6. The van der Waals surface area contributed by atoms with Gasteiger partial charge in [-0.2, -0.15) is 0 Å². The summed E-state index contributed by atoms with van der Waals surface area (Å²) in [5.74, 6) is 0.161.